The summed E-state index contributed by atoms with van der Waals surface area (Å²) in [4.78, 5) is 14.4. The highest BCUT2D eigenvalue weighted by molar-refractivity contribution is 6.31. The lowest BCUT2D eigenvalue weighted by molar-refractivity contribution is 0.0690. The van der Waals surface area contributed by atoms with E-state index in [1.54, 1.807) is 6.07 Å². The topological polar surface area (TPSA) is 53.1 Å². The summed E-state index contributed by atoms with van der Waals surface area (Å²) in [5.74, 6) is -0.915. The van der Waals surface area contributed by atoms with Gasteiger partial charge in [0.1, 0.15) is 5.69 Å². The number of aromatic nitrogens is 1. The van der Waals surface area contributed by atoms with E-state index < -0.39 is 5.97 Å². The second-order valence-corrected chi connectivity index (χ2v) is 6.43. The largest absolute Gasteiger partial charge is 0.477 e. The molecule has 1 heterocycles. The van der Waals surface area contributed by atoms with E-state index in [4.69, 9.17) is 11.6 Å². The molecule has 0 radical (unpaired) electrons. The first kappa shape index (κ1) is 14.9. The number of halogens is 1. The Bertz CT molecular complexity index is 643. The summed E-state index contributed by atoms with van der Waals surface area (Å²) in [6, 6.07) is 5.44. The second-order valence-electron chi connectivity index (χ2n) is 5.99. The van der Waals surface area contributed by atoms with Crippen LogP contribution in [0.15, 0.2) is 18.2 Å². The Kier molecular flexibility index (Phi) is 4.09. The maximum Gasteiger partial charge on any atom is 0.352 e. The van der Waals surface area contributed by atoms with E-state index in [9.17, 15) is 9.90 Å². The molecule has 0 saturated carbocycles. The van der Waals surface area contributed by atoms with Crippen LogP contribution in [-0.4, -0.2) is 16.1 Å². The molecular weight excluding hydrogens is 274 g/mol. The fourth-order valence-electron chi connectivity index (χ4n) is 2.30. The minimum Gasteiger partial charge on any atom is -0.477 e. The summed E-state index contributed by atoms with van der Waals surface area (Å²) in [5.41, 5.74) is 2.18. The summed E-state index contributed by atoms with van der Waals surface area (Å²) >= 11 is 6.04. The molecule has 2 N–H and O–H groups in total. The number of H-pyrrole nitrogens is 1. The number of benzene rings is 1. The lowest BCUT2D eigenvalue weighted by Gasteiger charge is -2.22. The van der Waals surface area contributed by atoms with Gasteiger partial charge in [-0.25, -0.2) is 4.79 Å². The molecule has 1 aromatic heterocycles. The van der Waals surface area contributed by atoms with Crippen LogP contribution in [0.25, 0.3) is 10.9 Å². The van der Waals surface area contributed by atoms with Crippen molar-refractivity contribution >= 4 is 28.5 Å². The lowest BCUT2D eigenvalue weighted by Crippen LogP contribution is -2.12. The minimum absolute atomic E-state index is 0.206. The van der Waals surface area contributed by atoms with Gasteiger partial charge in [0.25, 0.3) is 0 Å². The van der Waals surface area contributed by atoms with Crippen molar-refractivity contribution in [2.45, 2.75) is 40.0 Å². The van der Waals surface area contributed by atoms with Crippen LogP contribution < -0.4 is 0 Å². The highest BCUT2D eigenvalue weighted by atomic mass is 35.5. The number of aromatic carboxylic acids is 1. The first-order valence-electron chi connectivity index (χ1n) is 6.87. The molecule has 20 heavy (non-hydrogen) atoms. The number of aromatic amines is 1. The molecular formula is C16H20ClNO2. The van der Waals surface area contributed by atoms with Gasteiger partial charge in [-0.15, -0.1) is 0 Å². The third-order valence-electron chi connectivity index (χ3n) is 4.09. The van der Waals surface area contributed by atoms with Crippen molar-refractivity contribution in [3.05, 3.63) is 34.5 Å². The van der Waals surface area contributed by atoms with Gasteiger partial charge < -0.3 is 10.1 Å². The maximum absolute atomic E-state index is 11.4. The Morgan fingerprint density at radius 2 is 2.10 bits per heavy atom. The first-order chi connectivity index (χ1) is 9.34. The molecule has 0 saturated heterocycles. The van der Waals surface area contributed by atoms with Crippen molar-refractivity contribution in [3.63, 3.8) is 0 Å². The molecule has 2 aromatic rings. The molecule has 0 fully saturated rings. The zero-order valence-corrected chi connectivity index (χ0v) is 12.8. The standard InChI is InChI=1S/C16H20ClNO2/c1-4-16(2,3)8-7-11-12-9-10(17)5-6-13(12)18-14(11)15(19)20/h5-6,9,18H,4,7-8H2,1-3H3,(H,19,20). The predicted molar refractivity (Wildman–Crippen MR) is 82.7 cm³/mol. The van der Waals surface area contributed by atoms with Crippen molar-refractivity contribution in [1.82, 2.24) is 4.98 Å². The van der Waals surface area contributed by atoms with E-state index in [1.165, 1.54) is 0 Å². The maximum atomic E-state index is 11.4. The number of hydrogen-bond donors (Lipinski definition) is 2. The zero-order chi connectivity index (χ0) is 14.9. The van der Waals surface area contributed by atoms with Crippen LogP contribution in [0, 0.1) is 5.41 Å². The molecule has 0 aliphatic heterocycles. The molecule has 108 valence electrons. The van der Waals surface area contributed by atoms with Crippen LogP contribution in [0.2, 0.25) is 5.02 Å². The fraction of sp³-hybridized carbons (Fsp3) is 0.438. The van der Waals surface area contributed by atoms with Crippen molar-refractivity contribution < 1.29 is 9.90 Å². The summed E-state index contributed by atoms with van der Waals surface area (Å²) in [7, 11) is 0. The SMILES string of the molecule is CCC(C)(C)CCc1c(C(=O)O)[nH]c2ccc(Cl)cc12. The molecule has 2 rings (SSSR count). The number of carboxylic acids is 1. The van der Waals surface area contributed by atoms with Gasteiger partial charge in [0.2, 0.25) is 0 Å². The monoisotopic (exact) mass is 293 g/mol. The number of carboxylic acid groups (broad SMARTS) is 1. The molecule has 1 aromatic carbocycles. The summed E-state index contributed by atoms with van der Waals surface area (Å²) in [5, 5.41) is 10.9. The van der Waals surface area contributed by atoms with Gasteiger partial charge in [0, 0.05) is 15.9 Å². The molecule has 0 bridgehead atoms. The molecule has 3 nitrogen and oxygen atoms in total. The molecule has 0 atom stereocenters. The highest BCUT2D eigenvalue weighted by Gasteiger charge is 2.21. The van der Waals surface area contributed by atoms with Crippen LogP contribution in [0.1, 0.15) is 49.7 Å². The van der Waals surface area contributed by atoms with Crippen molar-refractivity contribution in [2.24, 2.45) is 5.41 Å². The van der Waals surface area contributed by atoms with Crippen LogP contribution in [0.4, 0.5) is 0 Å². The van der Waals surface area contributed by atoms with E-state index in [1.807, 2.05) is 12.1 Å². The van der Waals surface area contributed by atoms with Crippen LogP contribution >= 0.6 is 11.6 Å². The molecule has 0 spiro atoms. The number of nitrogens with one attached hydrogen (secondary N) is 1. The average molecular weight is 294 g/mol. The Morgan fingerprint density at radius 3 is 2.70 bits per heavy atom. The Labute approximate surface area is 124 Å². The summed E-state index contributed by atoms with van der Waals surface area (Å²) in [6.07, 6.45) is 2.75. The first-order valence-corrected chi connectivity index (χ1v) is 7.25. The highest BCUT2D eigenvalue weighted by Crippen LogP contribution is 2.31. The van der Waals surface area contributed by atoms with Crippen molar-refractivity contribution in [3.8, 4) is 0 Å². The summed E-state index contributed by atoms with van der Waals surface area (Å²) in [6.45, 7) is 6.56. The van der Waals surface area contributed by atoms with E-state index in [-0.39, 0.29) is 11.1 Å². The van der Waals surface area contributed by atoms with Crippen LogP contribution in [0.5, 0.6) is 0 Å². The van der Waals surface area contributed by atoms with Crippen molar-refractivity contribution in [1.29, 1.82) is 0 Å². The Balaban J connectivity index is 2.45. The number of fused-ring (bicyclic) bond motifs is 1. The normalized spacial score (nSPS) is 12.0. The van der Waals surface area contributed by atoms with Gasteiger partial charge in [-0.3, -0.25) is 0 Å². The third kappa shape index (κ3) is 2.98. The van der Waals surface area contributed by atoms with Crippen molar-refractivity contribution in [2.75, 3.05) is 0 Å². The van der Waals surface area contributed by atoms with Crippen LogP contribution in [0.3, 0.4) is 0 Å². The van der Waals surface area contributed by atoms with Crippen LogP contribution in [-0.2, 0) is 6.42 Å². The van der Waals surface area contributed by atoms with E-state index in [2.05, 4.69) is 25.8 Å². The van der Waals surface area contributed by atoms with Gasteiger partial charge >= 0.3 is 5.97 Å². The fourth-order valence-corrected chi connectivity index (χ4v) is 2.47. The third-order valence-corrected chi connectivity index (χ3v) is 4.33. The Morgan fingerprint density at radius 1 is 1.40 bits per heavy atom. The number of aryl methyl sites for hydroxylation is 1. The molecule has 0 unspecified atom stereocenters. The van der Waals surface area contributed by atoms with Gasteiger partial charge in [-0.1, -0.05) is 38.8 Å². The number of rotatable bonds is 5. The van der Waals surface area contributed by atoms with E-state index in [0.717, 1.165) is 35.7 Å². The van der Waals surface area contributed by atoms with E-state index >= 15 is 0 Å². The predicted octanol–water partition coefficient (Wildman–Crippen LogP) is 4.89. The summed E-state index contributed by atoms with van der Waals surface area (Å²) < 4.78 is 0. The smallest absolute Gasteiger partial charge is 0.352 e. The van der Waals surface area contributed by atoms with Gasteiger partial charge in [0.05, 0.1) is 0 Å². The molecule has 4 heteroatoms. The molecule has 0 aliphatic carbocycles. The van der Waals surface area contributed by atoms with Gasteiger partial charge in [-0.05, 0) is 42.0 Å². The number of carbonyl (C=O) groups is 1. The lowest BCUT2D eigenvalue weighted by atomic mass is 9.83. The van der Waals surface area contributed by atoms with Gasteiger partial charge in [-0.2, -0.15) is 0 Å². The Hall–Kier alpha value is -1.48. The van der Waals surface area contributed by atoms with E-state index in [0.29, 0.717) is 5.02 Å². The quantitative estimate of drug-likeness (QED) is 0.825. The van der Waals surface area contributed by atoms with Gasteiger partial charge in [0.15, 0.2) is 0 Å². The molecule has 0 amide bonds. The zero-order valence-electron chi connectivity index (χ0n) is 12.1. The number of hydrogen-bond acceptors (Lipinski definition) is 1. The molecule has 0 aliphatic rings. The second kappa shape index (κ2) is 5.49. The minimum atomic E-state index is -0.915. The average Bonchev–Trinajstić information content (AvgIpc) is 2.74.